The number of hydrogen-bond donors (Lipinski definition) is 2. The van der Waals surface area contributed by atoms with Crippen LogP contribution in [0.15, 0.2) is 30.5 Å². The van der Waals surface area contributed by atoms with Gasteiger partial charge in [0.2, 0.25) is 0 Å². The molecule has 112 valence electrons. The summed E-state index contributed by atoms with van der Waals surface area (Å²) >= 11 is 0. The van der Waals surface area contributed by atoms with Crippen molar-refractivity contribution in [2.24, 2.45) is 0 Å². The SMILES string of the molecule is Oc1ccc2nccc(NCCCN3CCCCC3)c2c1. The summed E-state index contributed by atoms with van der Waals surface area (Å²) in [6, 6.07) is 7.27. The molecule has 21 heavy (non-hydrogen) atoms. The molecule has 4 heteroatoms. The summed E-state index contributed by atoms with van der Waals surface area (Å²) in [5.41, 5.74) is 1.96. The molecule has 0 atom stereocenters. The number of hydrogen-bond acceptors (Lipinski definition) is 4. The van der Waals surface area contributed by atoms with Crippen molar-refractivity contribution in [3.05, 3.63) is 30.5 Å². The first-order valence-electron chi connectivity index (χ1n) is 7.87. The summed E-state index contributed by atoms with van der Waals surface area (Å²) in [6.45, 7) is 4.63. The first kappa shape index (κ1) is 14.1. The topological polar surface area (TPSA) is 48.4 Å². The van der Waals surface area contributed by atoms with Crippen molar-refractivity contribution in [2.75, 3.05) is 31.5 Å². The fourth-order valence-corrected chi connectivity index (χ4v) is 3.00. The highest BCUT2D eigenvalue weighted by Gasteiger charge is 2.09. The number of phenols is 1. The second kappa shape index (κ2) is 6.76. The molecule has 0 saturated carbocycles. The predicted octanol–water partition coefficient (Wildman–Crippen LogP) is 3.23. The quantitative estimate of drug-likeness (QED) is 0.828. The maximum Gasteiger partial charge on any atom is 0.116 e. The van der Waals surface area contributed by atoms with E-state index in [1.54, 1.807) is 12.1 Å². The van der Waals surface area contributed by atoms with Gasteiger partial charge in [-0.25, -0.2) is 0 Å². The van der Waals surface area contributed by atoms with Gasteiger partial charge in [0, 0.05) is 23.8 Å². The van der Waals surface area contributed by atoms with Crippen molar-refractivity contribution >= 4 is 16.6 Å². The number of aromatic hydroxyl groups is 1. The van der Waals surface area contributed by atoms with Gasteiger partial charge in [-0.05, 0) is 63.2 Å². The lowest BCUT2D eigenvalue weighted by Crippen LogP contribution is -2.31. The van der Waals surface area contributed by atoms with E-state index in [9.17, 15) is 5.11 Å². The Morgan fingerprint density at radius 1 is 1.14 bits per heavy atom. The molecule has 2 aromatic rings. The number of likely N-dealkylation sites (tertiary alicyclic amines) is 1. The van der Waals surface area contributed by atoms with E-state index in [1.165, 1.54) is 38.9 Å². The molecular weight excluding hydrogens is 262 g/mol. The Morgan fingerprint density at radius 3 is 2.86 bits per heavy atom. The van der Waals surface area contributed by atoms with Crippen molar-refractivity contribution < 1.29 is 5.11 Å². The first-order valence-corrected chi connectivity index (χ1v) is 7.87. The predicted molar refractivity (Wildman–Crippen MR) is 86.8 cm³/mol. The lowest BCUT2D eigenvalue weighted by molar-refractivity contribution is 0.228. The zero-order chi connectivity index (χ0) is 14.5. The molecule has 1 aromatic heterocycles. The number of pyridine rings is 1. The molecule has 0 spiro atoms. The summed E-state index contributed by atoms with van der Waals surface area (Å²) in [5, 5.41) is 14.1. The number of phenolic OH excluding ortho intramolecular Hbond substituents is 1. The molecule has 4 nitrogen and oxygen atoms in total. The molecule has 3 rings (SSSR count). The van der Waals surface area contributed by atoms with Crippen LogP contribution >= 0.6 is 0 Å². The molecule has 1 aliphatic heterocycles. The van der Waals surface area contributed by atoms with Gasteiger partial charge in [-0.3, -0.25) is 4.98 Å². The second-order valence-corrected chi connectivity index (χ2v) is 5.74. The molecule has 1 saturated heterocycles. The second-order valence-electron chi connectivity index (χ2n) is 5.74. The smallest absolute Gasteiger partial charge is 0.116 e. The van der Waals surface area contributed by atoms with Crippen LogP contribution in [-0.2, 0) is 0 Å². The van der Waals surface area contributed by atoms with E-state index < -0.39 is 0 Å². The maximum absolute atomic E-state index is 9.63. The van der Waals surface area contributed by atoms with E-state index in [0.717, 1.165) is 29.6 Å². The van der Waals surface area contributed by atoms with Gasteiger partial charge >= 0.3 is 0 Å². The highest BCUT2D eigenvalue weighted by Crippen LogP contribution is 2.25. The summed E-state index contributed by atoms with van der Waals surface area (Å²) in [5.74, 6) is 0.284. The fraction of sp³-hybridized carbons (Fsp3) is 0.471. The number of fused-ring (bicyclic) bond motifs is 1. The molecule has 2 N–H and O–H groups in total. The fourth-order valence-electron chi connectivity index (χ4n) is 3.00. The molecule has 0 amide bonds. The molecule has 0 unspecified atom stereocenters. The van der Waals surface area contributed by atoms with Gasteiger partial charge in [0.1, 0.15) is 5.75 Å². The first-order chi connectivity index (χ1) is 10.3. The summed E-state index contributed by atoms with van der Waals surface area (Å²) in [6.07, 6.45) is 7.04. The highest BCUT2D eigenvalue weighted by atomic mass is 16.3. The third-order valence-electron chi connectivity index (χ3n) is 4.14. The standard InChI is InChI=1S/C17H23N3O/c21-14-5-6-16-15(13-14)17(7-9-19-16)18-8-4-12-20-10-2-1-3-11-20/h5-7,9,13,21H,1-4,8,10-12H2,(H,18,19). The van der Waals surface area contributed by atoms with Crippen LogP contribution in [0.4, 0.5) is 5.69 Å². The molecule has 0 radical (unpaired) electrons. The molecule has 1 fully saturated rings. The van der Waals surface area contributed by atoms with E-state index in [-0.39, 0.29) is 5.75 Å². The van der Waals surface area contributed by atoms with Gasteiger partial charge in [-0.15, -0.1) is 0 Å². The van der Waals surface area contributed by atoms with Crippen molar-refractivity contribution in [3.63, 3.8) is 0 Å². The lowest BCUT2D eigenvalue weighted by Gasteiger charge is -2.26. The van der Waals surface area contributed by atoms with Gasteiger partial charge in [0.25, 0.3) is 0 Å². The molecule has 1 aromatic carbocycles. The van der Waals surface area contributed by atoms with Crippen LogP contribution in [0.3, 0.4) is 0 Å². The largest absolute Gasteiger partial charge is 0.508 e. The molecule has 0 aliphatic carbocycles. The highest BCUT2D eigenvalue weighted by molar-refractivity contribution is 5.91. The molecule has 1 aliphatic rings. The zero-order valence-electron chi connectivity index (χ0n) is 12.4. The van der Waals surface area contributed by atoms with Crippen LogP contribution in [0.25, 0.3) is 10.9 Å². The molecular formula is C17H23N3O. The number of aromatic nitrogens is 1. The van der Waals surface area contributed by atoms with Gasteiger partial charge in [0.15, 0.2) is 0 Å². The summed E-state index contributed by atoms with van der Waals surface area (Å²) in [4.78, 5) is 6.88. The number of benzene rings is 1. The van der Waals surface area contributed by atoms with Crippen LogP contribution in [-0.4, -0.2) is 41.2 Å². The average Bonchev–Trinajstić information content (AvgIpc) is 2.53. The number of piperidine rings is 1. The van der Waals surface area contributed by atoms with Gasteiger partial charge in [-0.2, -0.15) is 0 Å². The third-order valence-corrected chi connectivity index (χ3v) is 4.14. The minimum atomic E-state index is 0.284. The normalized spacial score (nSPS) is 16.2. The Kier molecular flexibility index (Phi) is 4.55. The third kappa shape index (κ3) is 3.64. The average molecular weight is 285 g/mol. The van der Waals surface area contributed by atoms with E-state index >= 15 is 0 Å². The van der Waals surface area contributed by atoms with Crippen LogP contribution in [0, 0.1) is 0 Å². The maximum atomic E-state index is 9.63. The zero-order valence-corrected chi connectivity index (χ0v) is 12.4. The lowest BCUT2D eigenvalue weighted by atomic mass is 10.1. The van der Waals surface area contributed by atoms with E-state index in [1.807, 2.05) is 18.3 Å². The van der Waals surface area contributed by atoms with Gasteiger partial charge in [0.05, 0.1) is 5.52 Å². The Morgan fingerprint density at radius 2 is 2.00 bits per heavy atom. The van der Waals surface area contributed by atoms with Gasteiger partial charge in [-0.1, -0.05) is 6.42 Å². The van der Waals surface area contributed by atoms with Crippen molar-refractivity contribution in [2.45, 2.75) is 25.7 Å². The van der Waals surface area contributed by atoms with Crippen LogP contribution in [0.2, 0.25) is 0 Å². The van der Waals surface area contributed by atoms with Crippen molar-refractivity contribution in [1.29, 1.82) is 0 Å². The molecule has 2 heterocycles. The van der Waals surface area contributed by atoms with E-state index in [0.29, 0.717) is 0 Å². The molecule has 0 bridgehead atoms. The van der Waals surface area contributed by atoms with Gasteiger partial charge < -0.3 is 15.3 Å². The monoisotopic (exact) mass is 285 g/mol. The Labute approximate surface area is 125 Å². The minimum Gasteiger partial charge on any atom is -0.508 e. The van der Waals surface area contributed by atoms with Crippen LogP contribution in [0.1, 0.15) is 25.7 Å². The Bertz CT molecular complexity index is 594. The van der Waals surface area contributed by atoms with E-state index in [2.05, 4.69) is 15.2 Å². The number of nitrogens with zero attached hydrogens (tertiary/aromatic N) is 2. The minimum absolute atomic E-state index is 0.284. The summed E-state index contributed by atoms with van der Waals surface area (Å²) < 4.78 is 0. The Hall–Kier alpha value is -1.81. The Balaban J connectivity index is 1.56. The number of anilines is 1. The number of rotatable bonds is 5. The van der Waals surface area contributed by atoms with Crippen molar-refractivity contribution in [1.82, 2.24) is 9.88 Å². The number of nitrogens with one attached hydrogen (secondary N) is 1. The van der Waals surface area contributed by atoms with Crippen LogP contribution in [0.5, 0.6) is 5.75 Å². The van der Waals surface area contributed by atoms with Crippen LogP contribution < -0.4 is 5.32 Å². The van der Waals surface area contributed by atoms with E-state index in [4.69, 9.17) is 0 Å². The summed E-state index contributed by atoms with van der Waals surface area (Å²) in [7, 11) is 0. The van der Waals surface area contributed by atoms with Crippen molar-refractivity contribution in [3.8, 4) is 5.75 Å².